The van der Waals surface area contributed by atoms with Crippen LogP contribution in [0.25, 0.3) is 11.2 Å². The van der Waals surface area contributed by atoms with E-state index in [-0.39, 0.29) is 37.9 Å². The lowest BCUT2D eigenvalue weighted by molar-refractivity contribution is -0.150. The number of aliphatic hydroxyl groups is 2. The van der Waals surface area contributed by atoms with Gasteiger partial charge in [-0.3, -0.25) is 14.2 Å². The molecular formula is C37H47BN7O9P. The maximum atomic E-state index is 14.7. The average molecular weight is 776 g/mol. The lowest BCUT2D eigenvalue weighted by atomic mass is 9.63. The van der Waals surface area contributed by atoms with E-state index < -0.39 is 55.2 Å². The molecule has 0 saturated carbocycles. The zero-order valence-corrected chi connectivity index (χ0v) is 32.4. The van der Waals surface area contributed by atoms with Gasteiger partial charge in [-0.2, -0.15) is 9.97 Å². The number of esters is 2. The Balaban J connectivity index is 1.07. The summed E-state index contributed by atoms with van der Waals surface area (Å²) < 4.78 is 39.4. The van der Waals surface area contributed by atoms with Gasteiger partial charge in [-0.05, 0) is 55.8 Å². The predicted molar refractivity (Wildman–Crippen MR) is 204 cm³/mol. The molecule has 16 nitrogen and oxygen atoms in total. The number of nitrogen functional groups attached to an aromatic ring is 1. The number of nitrogens with one attached hydrogen (secondary N) is 2. The molecule has 3 heterocycles. The highest BCUT2D eigenvalue weighted by atomic mass is 31.2. The summed E-state index contributed by atoms with van der Waals surface area (Å²) in [6.07, 6.45) is 0.117. The van der Waals surface area contributed by atoms with E-state index >= 15 is 0 Å². The number of aryl methyl sites for hydroxylation is 1. The van der Waals surface area contributed by atoms with Crippen LogP contribution in [0.15, 0.2) is 48.5 Å². The van der Waals surface area contributed by atoms with Gasteiger partial charge in [0.15, 0.2) is 18.4 Å². The number of hydrogen-bond donors (Lipinski definition) is 5. The molecule has 18 heteroatoms. The Morgan fingerprint density at radius 2 is 1.44 bits per heavy atom. The third-order valence-electron chi connectivity index (χ3n) is 10.9. The number of rotatable bonds is 13. The van der Waals surface area contributed by atoms with E-state index in [1.165, 1.54) is 27.9 Å². The van der Waals surface area contributed by atoms with E-state index in [1.807, 2.05) is 48.5 Å². The number of nitrogens with two attached hydrogens (primary N) is 1. The number of fused-ring (bicyclic) bond motifs is 3. The molecule has 1 fully saturated rings. The van der Waals surface area contributed by atoms with Crippen LogP contribution in [-0.2, 0) is 53.8 Å². The van der Waals surface area contributed by atoms with Crippen molar-refractivity contribution in [3.63, 3.8) is 0 Å². The summed E-state index contributed by atoms with van der Waals surface area (Å²) in [6, 6.07) is 13.5. The number of anilines is 1. The fourth-order valence-corrected chi connectivity index (χ4v) is 9.96. The number of carbonyl (C=O) groups is 2. The van der Waals surface area contributed by atoms with Gasteiger partial charge in [0.1, 0.15) is 35.7 Å². The van der Waals surface area contributed by atoms with E-state index in [2.05, 4.69) is 25.1 Å². The van der Waals surface area contributed by atoms with Crippen molar-refractivity contribution >= 4 is 44.0 Å². The predicted octanol–water partition coefficient (Wildman–Crippen LogP) is 2.08. The molecule has 6 N–H and O–H groups in total. The largest absolute Gasteiger partial charge is 0.479 e. The second-order valence-electron chi connectivity index (χ2n) is 15.0. The van der Waals surface area contributed by atoms with Gasteiger partial charge >= 0.3 is 19.6 Å². The molecule has 6 atom stereocenters. The van der Waals surface area contributed by atoms with Gasteiger partial charge in [0.25, 0.3) is 0 Å². The molecule has 7 rings (SSSR count). The zero-order chi connectivity index (χ0) is 39.2. The number of benzene rings is 2. The molecule has 0 bridgehead atoms. The van der Waals surface area contributed by atoms with Gasteiger partial charge in [0.05, 0.1) is 19.8 Å². The Morgan fingerprint density at radius 3 is 1.91 bits per heavy atom. The van der Waals surface area contributed by atoms with Crippen molar-refractivity contribution in [2.45, 2.75) is 101 Å². The molecule has 2 aromatic carbocycles. The second-order valence-corrected chi connectivity index (χ2v) is 16.9. The number of aliphatic hydroxyl groups excluding tert-OH is 1. The first-order valence-electron chi connectivity index (χ1n) is 18.5. The Morgan fingerprint density at radius 1 is 0.945 bits per heavy atom. The molecule has 0 radical (unpaired) electrons. The zero-order valence-electron chi connectivity index (χ0n) is 31.5. The van der Waals surface area contributed by atoms with Crippen molar-refractivity contribution in [1.82, 2.24) is 29.7 Å². The van der Waals surface area contributed by atoms with Crippen molar-refractivity contribution in [2.75, 3.05) is 19.5 Å². The fourth-order valence-electron chi connectivity index (χ4n) is 8.11. The average Bonchev–Trinajstić information content (AvgIpc) is 3.88. The minimum atomic E-state index is -4.28. The lowest BCUT2D eigenvalue weighted by Crippen LogP contribution is -2.44. The Bertz CT molecular complexity index is 2020. The number of imidazole rings is 1. The van der Waals surface area contributed by atoms with Crippen LogP contribution in [-0.4, -0.2) is 98.7 Å². The fraction of sp³-hybridized carbons (Fsp3) is 0.486. The van der Waals surface area contributed by atoms with Gasteiger partial charge in [0.2, 0.25) is 11.8 Å². The van der Waals surface area contributed by atoms with E-state index in [1.54, 1.807) is 11.5 Å². The Kier molecular flexibility index (Phi) is 10.8. The van der Waals surface area contributed by atoms with Crippen LogP contribution in [0.5, 0.6) is 5.88 Å². The third kappa shape index (κ3) is 7.87. The smallest absolute Gasteiger partial charge is 0.342 e. The van der Waals surface area contributed by atoms with Gasteiger partial charge in [-0.25, -0.2) is 15.2 Å². The highest BCUT2D eigenvalue weighted by Crippen LogP contribution is 2.47. The van der Waals surface area contributed by atoms with Crippen LogP contribution in [0.4, 0.5) is 5.95 Å². The van der Waals surface area contributed by atoms with Gasteiger partial charge in [-0.15, -0.1) is 0 Å². The Labute approximate surface area is 319 Å². The molecule has 3 aliphatic rings. The monoisotopic (exact) mass is 775 g/mol. The highest BCUT2D eigenvalue weighted by Gasteiger charge is 2.54. The van der Waals surface area contributed by atoms with Crippen LogP contribution in [0.3, 0.4) is 0 Å². The molecule has 0 unspecified atom stereocenters. The van der Waals surface area contributed by atoms with Crippen LogP contribution < -0.4 is 20.6 Å². The lowest BCUT2D eigenvalue weighted by Gasteiger charge is -2.32. The molecule has 0 spiro atoms. The van der Waals surface area contributed by atoms with Gasteiger partial charge < -0.3 is 39.2 Å². The van der Waals surface area contributed by atoms with E-state index in [0.29, 0.717) is 42.7 Å². The molecule has 1 aliphatic heterocycles. The summed E-state index contributed by atoms with van der Waals surface area (Å²) in [6.45, 7) is 5.88. The van der Waals surface area contributed by atoms with E-state index in [0.717, 1.165) is 22.3 Å². The summed E-state index contributed by atoms with van der Waals surface area (Å²) in [5, 5.41) is 28.7. The molecule has 292 valence electrons. The standard InChI is InChI=1S/C37H47BN7O9P/c1-19(33(47)53-26-14-22-10-6-7-11-23(22)15-26)43-55(50,44-20(2)34(48)54-27-16-24-12-8-9-13-25(24)17-27)52-18-28-30(46)37(4,49)35(38-28)45-21(3)40-29-31(45)41-36(39)42-32(29)51-5/h6-13,19-20,26-28,30,35,38,46,49H,14-18H2,1-5H3,(H2,39,41,42)(H2,43,44,50)/t19-,20-,28+,30+,35-,37+/m0/s1. The minimum absolute atomic E-state index is 0.0584. The normalized spacial score (nSPS) is 23.6. The van der Waals surface area contributed by atoms with Crippen molar-refractivity contribution in [3.8, 4) is 5.88 Å². The number of nitrogens with zero attached hydrogens (tertiary/aromatic N) is 4. The summed E-state index contributed by atoms with van der Waals surface area (Å²) >= 11 is 0. The van der Waals surface area contributed by atoms with Crippen molar-refractivity contribution in [1.29, 1.82) is 0 Å². The molecule has 4 aromatic rings. The maximum absolute atomic E-state index is 14.7. The summed E-state index contributed by atoms with van der Waals surface area (Å²) in [5.74, 6) is -2.26. The van der Waals surface area contributed by atoms with Crippen molar-refractivity contribution < 1.29 is 43.1 Å². The third-order valence-corrected chi connectivity index (χ3v) is 12.9. The quantitative estimate of drug-likeness (QED) is 0.0746. The van der Waals surface area contributed by atoms with Crippen LogP contribution in [0, 0.1) is 6.92 Å². The molecule has 2 aliphatic carbocycles. The number of methoxy groups -OCH3 is 1. The number of hydrogen-bond acceptors (Lipinski definition) is 13. The molecule has 1 saturated heterocycles. The topological polar surface area (TPSA) is 222 Å². The minimum Gasteiger partial charge on any atom is -0.479 e. The highest BCUT2D eigenvalue weighted by molar-refractivity contribution is 7.54. The van der Waals surface area contributed by atoms with E-state index in [9.17, 15) is 24.4 Å². The molecular weight excluding hydrogens is 728 g/mol. The summed E-state index contributed by atoms with van der Waals surface area (Å²) in [4.78, 5) is 39.8. The number of ether oxygens (including phenoxy) is 3. The maximum Gasteiger partial charge on any atom is 0.342 e. The first-order valence-corrected chi connectivity index (χ1v) is 20.1. The molecule has 2 aromatic heterocycles. The van der Waals surface area contributed by atoms with Crippen LogP contribution in [0.1, 0.15) is 54.8 Å². The summed E-state index contributed by atoms with van der Waals surface area (Å²) in [5.41, 5.74) is 9.30. The van der Waals surface area contributed by atoms with Gasteiger partial charge in [0, 0.05) is 31.6 Å². The number of carbonyl (C=O) groups excluding carboxylic acids is 2. The second kappa shape index (κ2) is 15.3. The van der Waals surface area contributed by atoms with Crippen LogP contribution in [0.2, 0.25) is 5.82 Å². The van der Waals surface area contributed by atoms with Gasteiger partial charge in [-0.1, -0.05) is 48.5 Å². The van der Waals surface area contributed by atoms with E-state index in [4.69, 9.17) is 24.5 Å². The van der Waals surface area contributed by atoms with Crippen molar-refractivity contribution in [2.24, 2.45) is 0 Å². The van der Waals surface area contributed by atoms with Crippen molar-refractivity contribution in [3.05, 3.63) is 76.6 Å². The van der Waals surface area contributed by atoms with Crippen LogP contribution >= 0.6 is 7.67 Å². The first-order chi connectivity index (χ1) is 26.2. The SMILES string of the molecule is COc1nc(N)nc2c1nc(C)n2[C@@H]1B[C@H](COP(=O)(N[C@@H](C)C(=O)OC2Cc3ccccc3C2)N[C@@H](C)C(=O)OC2Cc3ccccc3C2)[C@@H](O)[C@@]1(C)O. The first kappa shape index (κ1) is 38.9. The summed E-state index contributed by atoms with van der Waals surface area (Å²) in [7, 11) is -2.70. The molecule has 55 heavy (non-hydrogen) atoms. The number of aromatic nitrogens is 4. The molecule has 0 amide bonds. The Hall–Kier alpha value is -4.38.